The van der Waals surface area contributed by atoms with Crippen molar-refractivity contribution in [3.8, 4) is 0 Å². The van der Waals surface area contributed by atoms with Gasteiger partial charge in [0.15, 0.2) is 6.61 Å². The summed E-state index contributed by atoms with van der Waals surface area (Å²) in [5.41, 5.74) is 2.44. The summed E-state index contributed by atoms with van der Waals surface area (Å²) in [4.78, 5) is 6.45. The van der Waals surface area contributed by atoms with E-state index in [-0.39, 0.29) is 6.04 Å². The number of rotatable bonds is 3. The van der Waals surface area contributed by atoms with Crippen LogP contribution in [0.1, 0.15) is 13.3 Å². The third-order valence-corrected chi connectivity index (χ3v) is 2.37. The maximum Gasteiger partial charge on any atom is 0.413 e. The van der Waals surface area contributed by atoms with Crippen LogP contribution < -0.4 is 5.48 Å². The highest BCUT2D eigenvalue weighted by molar-refractivity contribution is 4.82. The van der Waals surface area contributed by atoms with Gasteiger partial charge in [-0.3, -0.25) is 4.84 Å². The van der Waals surface area contributed by atoms with Gasteiger partial charge in [-0.2, -0.15) is 18.7 Å². The lowest BCUT2D eigenvalue weighted by atomic mass is 10.2. The third kappa shape index (κ3) is 3.81. The van der Waals surface area contributed by atoms with E-state index < -0.39 is 12.8 Å². The molecule has 3 nitrogen and oxygen atoms in total. The van der Waals surface area contributed by atoms with E-state index in [1.807, 2.05) is 14.0 Å². The molecule has 0 aliphatic carbocycles. The fourth-order valence-corrected chi connectivity index (χ4v) is 1.52. The molecule has 0 aromatic rings. The van der Waals surface area contributed by atoms with Crippen molar-refractivity contribution < 1.29 is 18.0 Å². The third-order valence-electron chi connectivity index (χ3n) is 2.37. The first-order valence-electron chi connectivity index (χ1n) is 4.53. The highest BCUT2D eigenvalue weighted by Gasteiger charge is 2.30. The van der Waals surface area contributed by atoms with Gasteiger partial charge < -0.3 is 4.90 Å². The summed E-state index contributed by atoms with van der Waals surface area (Å²) >= 11 is 0. The van der Waals surface area contributed by atoms with Crippen LogP contribution in [0.3, 0.4) is 0 Å². The van der Waals surface area contributed by atoms with Gasteiger partial charge in [-0.05, 0) is 20.4 Å². The Bertz CT molecular complexity index is 176. The van der Waals surface area contributed by atoms with Crippen molar-refractivity contribution in [2.75, 3.05) is 20.2 Å². The average Bonchev–Trinajstić information content (AvgIpc) is 2.28. The Morgan fingerprint density at radius 2 is 2.14 bits per heavy atom. The minimum Gasteiger partial charge on any atom is -0.302 e. The largest absolute Gasteiger partial charge is 0.413 e. The molecular weight excluding hydrogens is 197 g/mol. The maximum atomic E-state index is 11.7. The van der Waals surface area contributed by atoms with Crippen molar-refractivity contribution in [3.63, 3.8) is 0 Å². The van der Waals surface area contributed by atoms with Crippen LogP contribution in [0.4, 0.5) is 13.2 Å². The van der Waals surface area contributed by atoms with E-state index >= 15 is 0 Å². The van der Waals surface area contributed by atoms with Gasteiger partial charge in [-0.1, -0.05) is 0 Å². The molecule has 2 atom stereocenters. The minimum absolute atomic E-state index is 0.00245. The van der Waals surface area contributed by atoms with E-state index in [1.165, 1.54) is 0 Å². The van der Waals surface area contributed by atoms with E-state index in [1.54, 1.807) is 0 Å². The molecule has 84 valence electrons. The maximum absolute atomic E-state index is 11.7. The standard InChI is InChI=1S/C8H15F3N2O/c1-6-3-7(4-13(6)2)12-14-5-8(9,10)11/h6-7,12H,3-5H2,1-2H3. The van der Waals surface area contributed by atoms with Gasteiger partial charge in [-0.15, -0.1) is 0 Å². The summed E-state index contributed by atoms with van der Waals surface area (Å²) in [6, 6.07) is 0.388. The van der Waals surface area contributed by atoms with Crippen LogP contribution in [0.2, 0.25) is 0 Å². The topological polar surface area (TPSA) is 24.5 Å². The molecule has 6 heteroatoms. The van der Waals surface area contributed by atoms with Crippen LogP contribution in [-0.2, 0) is 4.84 Å². The highest BCUT2D eigenvalue weighted by atomic mass is 19.4. The van der Waals surface area contributed by atoms with Crippen LogP contribution >= 0.6 is 0 Å². The number of likely N-dealkylation sites (N-methyl/N-ethyl adjacent to an activating group) is 1. The number of hydrogen-bond acceptors (Lipinski definition) is 3. The molecule has 0 aromatic heterocycles. The molecule has 0 aromatic carbocycles. The number of halogens is 3. The Balaban J connectivity index is 2.15. The molecule has 1 N–H and O–H groups in total. The van der Waals surface area contributed by atoms with Crippen molar-refractivity contribution in [2.24, 2.45) is 0 Å². The summed E-state index contributed by atoms with van der Waals surface area (Å²) in [5, 5.41) is 0. The first kappa shape index (κ1) is 11.7. The zero-order chi connectivity index (χ0) is 10.8. The molecule has 1 fully saturated rings. The van der Waals surface area contributed by atoms with Crippen LogP contribution in [0.15, 0.2) is 0 Å². The number of hydrogen-bond donors (Lipinski definition) is 1. The minimum atomic E-state index is -4.26. The predicted molar refractivity (Wildman–Crippen MR) is 45.6 cm³/mol. The van der Waals surface area contributed by atoms with Crippen LogP contribution in [0.5, 0.6) is 0 Å². The molecule has 0 spiro atoms. The molecule has 14 heavy (non-hydrogen) atoms. The van der Waals surface area contributed by atoms with Crippen molar-refractivity contribution in [1.29, 1.82) is 0 Å². The van der Waals surface area contributed by atoms with Gasteiger partial charge in [0.1, 0.15) is 0 Å². The second-order valence-corrected chi connectivity index (χ2v) is 3.74. The van der Waals surface area contributed by atoms with Crippen LogP contribution in [0, 0.1) is 0 Å². The Morgan fingerprint density at radius 3 is 2.57 bits per heavy atom. The fourth-order valence-electron chi connectivity index (χ4n) is 1.52. The fraction of sp³-hybridized carbons (Fsp3) is 1.00. The molecule has 0 radical (unpaired) electrons. The van der Waals surface area contributed by atoms with Crippen LogP contribution in [0.25, 0.3) is 0 Å². The zero-order valence-electron chi connectivity index (χ0n) is 8.27. The van der Waals surface area contributed by atoms with E-state index in [2.05, 4.69) is 15.2 Å². The van der Waals surface area contributed by atoms with Crippen molar-refractivity contribution in [1.82, 2.24) is 10.4 Å². The highest BCUT2D eigenvalue weighted by Crippen LogP contribution is 2.16. The summed E-state index contributed by atoms with van der Waals surface area (Å²) in [5.74, 6) is 0. The normalized spacial score (nSPS) is 29.8. The smallest absolute Gasteiger partial charge is 0.302 e. The van der Waals surface area contributed by atoms with Gasteiger partial charge >= 0.3 is 6.18 Å². The molecule has 0 saturated carbocycles. The van der Waals surface area contributed by atoms with E-state index in [4.69, 9.17) is 0 Å². The van der Waals surface area contributed by atoms with E-state index in [9.17, 15) is 13.2 Å². The zero-order valence-corrected chi connectivity index (χ0v) is 8.27. The summed E-state index contributed by atoms with van der Waals surface area (Å²) in [6.45, 7) is 1.52. The number of hydroxylamine groups is 1. The monoisotopic (exact) mass is 212 g/mol. The Hall–Kier alpha value is -0.330. The van der Waals surface area contributed by atoms with Crippen molar-refractivity contribution >= 4 is 0 Å². The molecule has 1 aliphatic heterocycles. The summed E-state index contributed by atoms with van der Waals surface area (Å²) in [6.07, 6.45) is -3.45. The SMILES string of the molecule is CC1CC(NOCC(F)(F)F)CN1C. The van der Waals surface area contributed by atoms with Crippen LogP contribution in [-0.4, -0.2) is 43.4 Å². The first-order valence-corrected chi connectivity index (χ1v) is 4.53. The van der Waals surface area contributed by atoms with Crippen molar-refractivity contribution in [3.05, 3.63) is 0 Å². The van der Waals surface area contributed by atoms with Gasteiger partial charge in [0, 0.05) is 18.6 Å². The molecule has 1 rings (SSSR count). The second kappa shape index (κ2) is 4.46. The predicted octanol–water partition coefficient (Wildman–Crippen LogP) is 1.16. The average molecular weight is 212 g/mol. The summed E-state index contributed by atoms with van der Waals surface area (Å²) < 4.78 is 35.1. The quantitative estimate of drug-likeness (QED) is 0.710. The molecule has 1 heterocycles. The molecule has 0 bridgehead atoms. The molecular formula is C8H15F3N2O. The lowest BCUT2D eigenvalue weighted by molar-refractivity contribution is -0.192. The molecule has 2 unspecified atom stereocenters. The first-order chi connectivity index (χ1) is 6.38. The second-order valence-electron chi connectivity index (χ2n) is 3.74. The van der Waals surface area contributed by atoms with Gasteiger partial charge in [0.2, 0.25) is 0 Å². The van der Waals surface area contributed by atoms with Gasteiger partial charge in [-0.25, -0.2) is 0 Å². The van der Waals surface area contributed by atoms with Gasteiger partial charge in [0.05, 0.1) is 0 Å². The Labute approximate surface area is 81.2 Å². The summed E-state index contributed by atoms with van der Waals surface area (Å²) in [7, 11) is 1.94. The molecule has 0 amide bonds. The number of alkyl halides is 3. The number of nitrogens with zero attached hydrogens (tertiary/aromatic N) is 1. The Morgan fingerprint density at radius 1 is 1.50 bits per heavy atom. The Kier molecular flexibility index (Phi) is 3.74. The molecule has 1 aliphatic rings. The lowest BCUT2D eigenvalue weighted by Gasteiger charge is -2.14. The number of nitrogens with one attached hydrogen (secondary N) is 1. The number of likely N-dealkylation sites (tertiary alicyclic amines) is 1. The molecule has 1 saturated heterocycles. The lowest BCUT2D eigenvalue weighted by Crippen LogP contribution is -2.34. The van der Waals surface area contributed by atoms with Crippen molar-refractivity contribution in [2.45, 2.75) is 31.6 Å². The van der Waals surface area contributed by atoms with E-state index in [0.29, 0.717) is 6.04 Å². The van der Waals surface area contributed by atoms with Gasteiger partial charge in [0.25, 0.3) is 0 Å². The van der Waals surface area contributed by atoms with E-state index in [0.717, 1.165) is 13.0 Å².